The number of hydrogen-bond acceptors (Lipinski definition) is 9. The summed E-state index contributed by atoms with van der Waals surface area (Å²) in [6, 6.07) is 5.67. The number of aliphatic carboxylic acids is 1. The number of carboxylic acids is 1. The number of halogens is 2. The number of rotatable bonds is 7. The van der Waals surface area contributed by atoms with Gasteiger partial charge in [-0.3, -0.25) is 4.79 Å². The van der Waals surface area contributed by atoms with E-state index in [1.165, 1.54) is 30.0 Å². The van der Waals surface area contributed by atoms with Crippen LogP contribution in [0, 0.1) is 18.6 Å². The number of carbonyl (C=O) groups is 3. The number of ether oxygens (including phenoxy) is 1. The SMILES string of the molecule is C=O.Cc1cc(=O)oc2c(F)c(OCC3=C(C(=O)O)N4CC(NC(=O)Cc5cccs5)C4SC3)c(F)cc12. The molecule has 1 aromatic carbocycles. The lowest BCUT2D eigenvalue weighted by molar-refractivity contribution is -0.135. The Morgan fingerprint density at radius 2 is 2.08 bits per heavy atom. The van der Waals surface area contributed by atoms with Gasteiger partial charge in [0.15, 0.2) is 17.1 Å². The molecule has 3 aromatic rings. The molecule has 0 radical (unpaired) electrons. The third-order valence-electron chi connectivity index (χ3n) is 6.04. The van der Waals surface area contributed by atoms with Crippen LogP contribution in [0.4, 0.5) is 8.78 Å². The highest BCUT2D eigenvalue weighted by Gasteiger charge is 2.46. The third-order valence-corrected chi connectivity index (χ3v) is 8.36. The van der Waals surface area contributed by atoms with Gasteiger partial charge in [-0.2, -0.15) is 4.39 Å². The summed E-state index contributed by atoms with van der Waals surface area (Å²) in [4.78, 5) is 46.6. The zero-order valence-corrected chi connectivity index (χ0v) is 21.6. The van der Waals surface area contributed by atoms with Crippen LogP contribution in [0.5, 0.6) is 5.75 Å². The maximum atomic E-state index is 15.0. The highest BCUT2D eigenvalue weighted by Crippen LogP contribution is 2.40. The number of thiophene rings is 1. The Bertz CT molecular complexity index is 1470. The smallest absolute Gasteiger partial charge is 0.352 e. The van der Waals surface area contributed by atoms with E-state index in [0.717, 1.165) is 17.0 Å². The summed E-state index contributed by atoms with van der Waals surface area (Å²) in [6.07, 6.45) is 0.259. The Balaban J connectivity index is 0.00000164. The molecule has 2 aromatic heterocycles. The molecular weight excluding hydrogens is 542 g/mol. The summed E-state index contributed by atoms with van der Waals surface area (Å²) in [5.41, 5.74) is -0.517. The quantitative estimate of drug-likeness (QED) is 0.417. The molecule has 4 heterocycles. The minimum Gasteiger partial charge on any atom is -0.483 e. The van der Waals surface area contributed by atoms with Gasteiger partial charge in [0, 0.05) is 34.2 Å². The topological polar surface area (TPSA) is 126 Å². The van der Waals surface area contributed by atoms with Crippen LogP contribution >= 0.6 is 23.1 Å². The van der Waals surface area contributed by atoms with Crippen molar-refractivity contribution in [3.05, 3.63) is 73.4 Å². The molecule has 0 bridgehead atoms. The Hall–Kier alpha value is -3.71. The van der Waals surface area contributed by atoms with Gasteiger partial charge in [-0.15, -0.1) is 23.1 Å². The van der Waals surface area contributed by atoms with E-state index in [1.54, 1.807) is 4.90 Å². The standard InChI is InChI=1S/C24H20F2N2O6S2.CH2O/c1-11-5-18(30)34-21-14(11)7-15(25)22(19(21)26)33-9-12-10-36-23-16(8-28(23)20(12)24(31)32)27-17(29)6-13-3-2-4-35-13;1-2/h2-5,7,16,23H,6,8-10H2,1H3,(H,27,29)(H,31,32);1H2. The summed E-state index contributed by atoms with van der Waals surface area (Å²) in [7, 11) is 0. The van der Waals surface area contributed by atoms with E-state index < -0.39 is 34.6 Å². The second kappa shape index (κ2) is 11.4. The van der Waals surface area contributed by atoms with Gasteiger partial charge in [-0.25, -0.2) is 14.0 Å². The number of nitrogens with one attached hydrogen (secondary N) is 1. The minimum absolute atomic E-state index is 0.00788. The predicted molar refractivity (Wildman–Crippen MR) is 137 cm³/mol. The molecule has 2 atom stereocenters. The molecule has 2 N–H and O–H groups in total. The van der Waals surface area contributed by atoms with Crippen LogP contribution in [0.2, 0.25) is 0 Å². The molecule has 1 saturated heterocycles. The zero-order chi connectivity index (χ0) is 27.6. The Morgan fingerprint density at radius 1 is 1.32 bits per heavy atom. The van der Waals surface area contributed by atoms with E-state index in [4.69, 9.17) is 13.9 Å². The monoisotopic (exact) mass is 564 g/mol. The van der Waals surface area contributed by atoms with Crippen LogP contribution < -0.4 is 15.7 Å². The lowest BCUT2D eigenvalue weighted by atomic mass is 10.0. The molecule has 38 heavy (non-hydrogen) atoms. The summed E-state index contributed by atoms with van der Waals surface area (Å²) >= 11 is 2.90. The molecule has 0 aliphatic carbocycles. The molecule has 13 heteroatoms. The maximum absolute atomic E-state index is 15.0. The van der Waals surface area contributed by atoms with Gasteiger partial charge in [-0.1, -0.05) is 6.07 Å². The molecule has 0 spiro atoms. The largest absolute Gasteiger partial charge is 0.483 e. The number of amides is 1. The first-order valence-electron chi connectivity index (χ1n) is 11.2. The van der Waals surface area contributed by atoms with Crippen molar-refractivity contribution in [1.29, 1.82) is 0 Å². The van der Waals surface area contributed by atoms with E-state index in [9.17, 15) is 28.3 Å². The second-order valence-electron chi connectivity index (χ2n) is 8.46. The molecule has 1 fully saturated rings. The number of carbonyl (C=O) groups excluding carboxylic acids is 2. The van der Waals surface area contributed by atoms with Crippen LogP contribution in [0.25, 0.3) is 11.0 Å². The van der Waals surface area contributed by atoms with Crippen molar-refractivity contribution in [2.24, 2.45) is 0 Å². The van der Waals surface area contributed by atoms with Crippen LogP contribution in [-0.4, -0.2) is 59.0 Å². The molecule has 5 rings (SSSR count). The number of thioether (sulfide) groups is 1. The normalized spacial score (nSPS) is 18.2. The van der Waals surface area contributed by atoms with Crippen LogP contribution in [0.1, 0.15) is 10.4 Å². The van der Waals surface area contributed by atoms with Crippen molar-refractivity contribution in [2.75, 3.05) is 18.9 Å². The van der Waals surface area contributed by atoms with Crippen molar-refractivity contribution < 1.29 is 37.4 Å². The molecular formula is C25H22F2N2O7S2. The van der Waals surface area contributed by atoms with Crippen LogP contribution in [0.15, 0.2) is 50.1 Å². The summed E-state index contributed by atoms with van der Waals surface area (Å²) < 4.78 is 39.9. The first-order valence-corrected chi connectivity index (χ1v) is 13.1. The predicted octanol–water partition coefficient (Wildman–Crippen LogP) is 3.09. The third kappa shape index (κ3) is 5.29. The molecule has 2 unspecified atom stereocenters. The van der Waals surface area contributed by atoms with Gasteiger partial charge in [-0.05, 0) is 30.0 Å². The van der Waals surface area contributed by atoms with Gasteiger partial charge in [0.05, 0.1) is 17.8 Å². The lowest BCUT2D eigenvalue weighted by Crippen LogP contribution is -2.66. The average molecular weight is 565 g/mol. The van der Waals surface area contributed by atoms with Gasteiger partial charge >= 0.3 is 11.6 Å². The van der Waals surface area contributed by atoms with E-state index in [1.807, 2.05) is 24.3 Å². The van der Waals surface area contributed by atoms with Gasteiger partial charge < -0.3 is 29.3 Å². The first-order chi connectivity index (χ1) is 18.2. The summed E-state index contributed by atoms with van der Waals surface area (Å²) in [5, 5.41) is 14.5. The molecule has 2 aliphatic heterocycles. The van der Waals surface area contributed by atoms with Crippen molar-refractivity contribution in [3.63, 3.8) is 0 Å². The summed E-state index contributed by atoms with van der Waals surface area (Å²) in [5.74, 6) is -3.99. The molecule has 0 saturated carbocycles. The number of nitrogens with zero attached hydrogens (tertiary/aromatic N) is 1. The molecule has 1 amide bonds. The van der Waals surface area contributed by atoms with E-state index in [2.05, 4.69) is 5.32 Å². The maximum Gasteiger partial charge on any atom is 0.352 e. The number of fused-ring (bicyclic) bond motifs is 2. The highest BCUT2D eigenvalue weighted by molar-refractivity contribution is 8.00. The zero-order valence-electron chi connectivity index (χ0n) is 20.0. The average Bonchev–Trinajstić information content (AvgIpc) is 3.37. The van der Waals surface area contributed by atoms with Crippen molar-refractivity contribution in [3.8, 4) is 5.75 Å². The Kier molecular flexibility index (Phi) is 8.17. The van der Waals surface area contributed by atoms with E-state index in [0.29, 0.717) is 17.7 Å². The first kappa shape index (κ1) is 27.3. The van der Waals surface area contributed by atoms with Crippen LogP contribution in [0.3, 0.4) is 0 Å². The minimum atomic E-state index is -1.19. The number of hydrogen-bond donors (Lipinski definition) is 2. The van der Waals surface area contributed by atoms with E-state index in [-0.39, 0.29) is 47.2 Å². The second-order valence-corrected chi connectivity index (χ2v) is 10.6. The lowest BCUT2D eigenvalue weighted by Gasteiger charge is -2.52. The molecule has 2 aliphatic rings. The Morgan fingerprint density at radius 3 is 2.76 bits per heavy atom. The highest BCUT2D eigenvalue weighted by atomic mass is 32.2. The van der Waals surface area contributed by atoms with Gasteiger partial charge in [0.1, 0.15) is 19.1 Å². The fraction of sp³-hybridized carbons (Fsp3) is 0.280. The Labute approximate surface area is 223 Å². The van der Waals surface area contributed by atoms with Gasteiger partial charge in [0.25, 0.3) is 0 Å². The van der Waals surface area contributed by atoms with Gasteiger partial charge in [0.2, 0.25) is 11.7 Å². The molecule has 200 valence electrons. The van der Waals surface area contributed by atoms with Crippen molar-refractivity contribution in [1.82, 2.24) is 10.2 Å². The van der Waals surface area contributed by atoms with Crippen molar-refractivity contribution in [2.45, 2.75) is 24.8 Å². The number of aryl methyl sites for hydroxylation is 1. The van der Waals surface area contributed by atoms with Crippen LogP contribution in [-0.2, 0) is 20.8 Å². The fourth-order valence-electron chi connectivity index (χ4n) is 4.35. The fourth-order valence-corrected chi connectivity index (χ4v) is 6.40. The summed E-state index contributed by atoms with van der Waals surface area (Å²) in [6.45, 7) is 3.45. The number of carboxylic acid groups (broad SMARTS) is 1. The number of benzene rings is 1. The molecule has 9 nitrogen and oxygen atoms in total. The van der Waals surface area contributed by atoms with E-state index >= 15 is 0 Å². The van der Waals surface area contributed by atoms with Crippen molar-refractivity contribution >= 4 is 52.7 Å².